The highest BCUT2D eigenvalue weighted by Crippen LogP contribution is 2.22. The van der Waals surface area contributed by atoms with Crippen LogP contribution in [0.25, 0.3) is 0 Å². The number of amides is 1. The number of carbonyl (C=O) groups excluding carboxylic acids is 1. The predicted octanol–water partition coefficient (Wildman–Crippen LogP) is 2.18. The molecule has 2 aliphatic rings. The lowest BCUT2D eigenvalue weighted by atomic mass is 9.99. The summed E-state index contributed by atoms with van der Waals surface area (Å²) in [5.41, 5.74) is 1.28. The van der Waals surface area contributed by atoms with Crippen LogP contribution in [-0.2, 0) is 11.3 Å². The summed E-state index contributed by atoms with van der Waals surface area (Å²) in [5, 5.41) is 0. The first kappa shape index (κ1) is 17.9. The van der Waals surface area contributed by atoms with Gasteiger partial charge in [0.1, 0.15) is 5.82 Å². The molecule has 0 saturated carbocycles. The highest BCUT2D eigenvalue weighted by Gasteiger charge is 2.33. The molecule has 142 valence electrons. The van der Waals surface area contributed by atoms with E-state index >= 15 is 0 Å². The first-order chi connectivity index (χ1) is 13.3. The fourth-order valence-electron chi connectivity index (χ4n) is 4.10. The number of aromatic nitrogens is 2. The zero-order valence-electron chi connectivity index (χ0n) is 15.7. The minimum Gasteiger partial charge on any atom is -0.352 e. The van der Waals surface area contributed by atoms with Crippen molar-refractivity contribution in [2.75, 3.05) is 37.6 Å². The van der Waals surface area contributed by atoms with Crippen molar-refractivity contribution in [1.29, 1.82) is 0 Å². The van der Waals surface area contributed by atoms with Crippen molar-refractivity contribution < 1.29 is 4.79 Å². The number of nitrogens with zero attached hydrogens (tertiary/aromatic N) is 5. The molecule has 0 aliphatic carbocycles. The number of piperidine rings is 1. The van der Waals surface area contributed by atoms with Gasteiger partial charge >= 0.3 is 0 Å². The van der Waals surface area contributed by atoms with Crippen molar-refractivity contribution in [2.45, 2.75) is 31.8 Å². The minimum atomic E-state index is 0.0158. The summed E-state index contributed by atoms with van der Waals surface area (Å²) in [6.45, 7) is 5.00. The quantitative estimate of drug-likeness (QED) is 0.831. The summed E-state index contributed by atoms with van der Waals surface area (Å²) >= 11 is 0. The maximum atomic E-state index is 13.2. The molecule has 1 aromatic heterocycles. The van der Waals surface area contributed by atoms with Crippen LogP contribution in [0, 0.1) is 0 Å². The topological polar surface area (TPSA) is 52.6 Å². The van der Waals surface area contributed by atoms with Gasteiger partial charge in [-0.15, -0.1) is 0 Å². The van der Waals surface area contributed by atoms with Crippen LogP contribution in [0.4, 0.5) is 5.82 Å². The maximum absolute atomic E-state index is 13.2. The molecule has 2 saturated heterocycles. The molecule has 27 heavy (non-hydrogen) atoms. The van der Waals surface area contributed by atoms with Crippen molar-refractivity contribution in [3.05, 3.63) is 54.5 Å². The van der Waals surface area contributed by atoms with Crippen LogP contribution in [0.3, 0.4) is 0 Å². The van der Waals surface area contributed by atoms with Crippen LogP contribution in [0.5, 0.6) is 0 Å². The van der Waals surface area contributed by atoms with Crippen molar-refractivity contribution in [3.8, 4) is 0 Å². The molecule has 0 unspecified atom stereocenters. The van der Waals surface area contributed by atoms with Gasteiger partial charge in [-0.05, 0) is 24.9 Å². The lowest BCUT2D eigenvalue weighted by Crippen LogP contribution is -2.56. The summed E-state index contributed by atoms with van der Waals surface area (Å²) in [6.07, 6.45) is 8.48. The van der Waals surface area contributed by atoms with Crippen LogP contribution in [0.2, 0.25) is 0 Å². The normalized spacial score (nSPS) is 21.3. The standard InChI is InChI=1S/C21H27N5O/c27-21(25-14-12-24(13-15-25)20-16-22-9-10-23-20)19-8-4-5-11-26(19)17-18-6-2-1-3-7-18/h1-3,6-7,9-10,16,19H,4-5,8,11-15,17H2/t19-/m1/s1. The van der Waals surface area contributed by atoms with Gasteiger partial charge in [0.25, 0.3) is 0 Å². The smallest absolute Gasteiger partial charge is 0.240 e. The lowest BCUT2D eigenvalue weighted by molar-refractivity contribution is -0.138. The van der Waals surface area contributed by atoms with Gasteiger partial charge in [0.15, 0.2) is 0 Å². The number of rotatable bonds is 4. The number of benzene rings is 1. The largest absolute Gasteiger partial charge is 0.352 e. The third-order valence-corrected chi connectivity index (χ3v) is 5.59. The average molecular weight is 365 g/mol. The van der Waals surface area contributed by atoms with Gasteiger partial charge < -0.3 is 9.80 Å². The Morgan fingerprint density at radius 2 is 1.81 bits per heavy atom. The molecule has 0 N–H and O–H groups in total. The zero-order chi connectivity index (χ0) is 18.5. The monoisotopic (exact) mass is 365 g/mol. The Morgan fingerprint density at radius 3 is 2.56 bits per heavy atom. The van der Waals surface area contributed by atoms with Gasteiger partial charge in [0.2, 0.25) is 5.91 Å². The Kier molecular flexibility index (Phi) is 5.63. The molecule has 2 aliphatic heterocycles. The van der Waals surface area contributed by atoms with E-state index in [4.69, 9.17) is 0 Å². The van der Waals surface area contributed by atoms with E-state index in [2.05, 4.69) is 44.0 Å². The predicted molar refractivity (Wildman–Crippen MR) is 105 cm³/mol. The minimum absolute atomic E-state index is 0.0158. The first-order valence-corrected chi connectivity index (χ1v) is 9.89. The van der Waals surface area contributed by atoms with Crippen LogP contribution in [0.15, 0.2) is 48.9 Å². The summed E-state index contributed by atoms with van der Waals surface area (Å²) < 4.78 is 0. The number of piperazine rings is 1. The van der Waals surface area contributed by atoms with E-state index in [1.54, 1.807) is 18.6 Å². The summed E-state index contributed by atoms with van der Waals surface area (Å²) in [5.74, 6) is 1.19. The van der Waals surface area contributed by atoms with E-state index in [0.29, 0.717) is 5.91 Å². The Hall–Kier alpha value is -2.47. The molecule has 2 aromatic rings. The highest BCUT2D eigenvalue weighted by molar-refractivity contribution is 5.82. The molecule has 2 fully saturated rings. The zero-order valence-corrected chi connectivity index (χ0v) is 15.7. The Balaban J connectivity index is 1.37. The van der Waals surface area contributed by atoms with Gasteiger partial charge in [0, 0.05) is 45.1 Å². The van der Waals surface area contributed by atoms with Crippen molar-refractivity contribution in [1.82, 2.24) is 19.8 Å². The lowest BCUT2D eigenvalue weighted by Gasteiger charge is -2.41. The highest BCUT2D eigenvalue weighted by atomic mass is 16.2. The van der Waals surface area contributed by atoms with E-state index in [0.717, 1.165) is 57.9 Å². The molecular weight excluding hydrogens is 338 g/mol. The maximum Gasteiger partial charge on any atom is 0.240 e. The van der Waals surface area contributed by atoms with Crippen LogP contribution >= 0.6 is 0 Å². The summed E-state index contributed by atoms with van der Waals surface area (Å²) in [6, 6.07) is 10.5. The number of hydrogen-bond donors (Lipinski definition) is 0. The summed E-state index contributed by atoms with van der Waals surface area (Å²) in [7, 11) is 0. The van der Waals surface area contributed by atoms with Gasteiger partial charge in [0.05, 0.1) is 12.2 Å². The molecule has 1 amide bonds. The number of anilines is 1. The van der Waals surface area contributed by atoms with Gasteiger partial charge in [-0.25, -0.2) is 4.98 Å². The molecule has 1 aromatic carbocycles. The molecular formula is C21H27N5O. The molecule has 6 heteroatoms. The van der Waals surface area contributed by atoms with Crippen molar-refractivity contribution in [3.63, 3.8) is 0 Å². The third kappa shape index (κ3) is 4.27. The average Bonchev–Trinajstić information content (AvgIpc) is 2.75. The van der Waals surface area contributed by atoms with E-state index in [-0.39, 0.29) is 6.04 Å². The molecule has 6 nitrogen and oxygen atoms in total. The van der Waals surface area contributed by atoms with E-state index < -0.39 is 0 Å². The first-order valence-electron chi connectivity index (χ1n) is 9.89. The van der Waals surface area contributed by atoms with Gasteiger partial charge in [-0.3, -0.25) is 14.7 Å². The van der Waals surface area contributed by atoms with E-state index in [9.17, 15) is 4.79 Å². The molecule has 1 atom stereocenters. The molecule has 4 rings (SSSR count). The molecule has 0 radical (unpaired) electrons. The number of likely N-dealkylation sites (tertiary alicyclic amines) is 1. The van der Waals surface area contributed by atoms with E-state index in [1.165, 1.54) is 12.0 Å². The fourth-order valence-corrected chi connectivity index (χ4v) is 4.10. The van der Waals surface area contributed by atoms with Crippen LogP contribution < -0.4 is 4.90 Å². The molecule has 0 bridgehead atoms. The summed E-state index contributed by atoms with van der Waals surface area (Å²) in [4.78, 5) is 28.4. The SMILES string of the molecule is O=C([C@H]1CCCCN1Cc1ccccc1)N1CCN(c2cnccn2)CC1. The molecule has 0 spiro atoms. The molecule has 3 heterocycles. The fraction of sp³-hybridized carbons (Fsp3) is 0.476. The van der Waals surface area contributed by atoms with E-state index in [1.807, 2.05) is 11.0 Å². The van der Waals surface area contributed by atoms with Gasteiger partial charge in [-0.2, -0.15) is 0 Å². The van der Waals surface area contributed by atoms with Crippen LogP contribution in [0.1, 0.15) is 24.8 Å². The number of hydrogen-bond acceptors (Lipinski definition) is 5. The van der Waals surface area contributed by atoms with Gasteiger partial charge in [-0.1, -0.05) is 36.8 Å². The van der Waals surface area contributed by atoms with Crippen LogP contribution in [-0.4, -0.2) is 64.4 Å². The van der Waals surface area contributed by atoms with Crippen molar-refractivity contribution in [2.24, 2.45) is 0 Å². The second-order valence-corrected chi connectivity index (χ2v) is 7.34. The number of carbonyl (C=O) groups is 1. The Labute approximate surface area is 160 Å². The Bertz CT molecular complexity index is 731. The third-order valence-electron chi connectivity index (χ3n) is 5.59. The van der Waals surface area contributed by atoms with Crippen molar-refractivity contribution >= 4 is 11.7 Å². The second kappa shape index (κ2) is 8.48. The Morgan fingerprint density at radius 1 is 1.00 bits per heavy atom. The second-order valence-electron chi connectivity index (χ2n) is 7.34.